The van der Waals surface area contributed by atoms with E-state index in [1.165, 1.54) is 0 Å². The van der Waals surface area contributed by atoms with Gasteiger partial charge in [0.25, 0.3) is 5.22 Å². The van der Waals surface area contributed by atoms with Crippen molar-refractivity contribution >= 4 is 35.1 Å². The topological polar surface area (TPSA) is 76.3 Å². The van der Waals surface area contributed by atoms with Gasteiger partial charge >= 0.3 is 0 Å². The number of carbonyl (C=O) groups excluding carboxylic acids is 2. The second kappa shape index (κ2) is 9.46. The van der Waals surface area contributed by atoms with Crippen molar-refractivity contribution in [2.75, 3.05) is 12.8 Å². The molecule has 0 N–H and O–H groups in total. The molecule has 2 aromatic carbocycles. The van der Waals surface area contributed by atoms with Crippen LogP contribution in [0.1, 0.15) is 36.8 Å². The van der Waals surface area contributed by atoms with Crippen molar-refractivity contribution in [3.05, 3.63) is 64.7 Å². The predicted molar refractivity (Wildman–Crippen MR) is 125 cm³/mol. The van der Waals surface area contributed by atoms with E-state index in [1.807, 2.05) is 49.4 Å². The van der Waals surface area contributed by atoms with Crippen LogP contribution in [0, 0.1) is 6.92 Å². The van der Waals surface area contributed by atoms with Crippen LogP contribution in [0.25, 0.3) is 11.5 Å². The maximum absolute atomic E-state index is 13.2. The highest BCUT2D eigenvalue weighted by molar-refractivity contribution is 7.99. The number of nitrogens with zero attached hydrogens (tertiary/aromatic N) is 3. The summed E-state index contributed by atoms with van der Waals surface area (Å²) in [6, 6.07) is 15.1. The van der Waals surface area contributed by atoms with Crippen molar-refractivity contribution < 1.29 is 14.0 Å². The average Bonchev–Trinajstić information content (AvgIpc) is 3.27. The number of Topliss-reactive ketones (excluding diaryl/α,β-unsaturated/α-hetero) is 1. The molecule has 3 aromatic rings. The van der Waals surface area contributed by atoms with Gasteiger partial charge in [0.1, 0.15) is 5.54 Å². The fourth-order valence-corrected chi connectivity index (χ4v) is 5.19. The second-order valence-electron chi connectivity index (χ2n) is 7.95. The number of thioether (sulfide) groups is 1. The summed E-state index contributed by atoms with van der Waals surface area (Å²) in [5.74, 6) is 0.315. The van der Waals surface area contributed by atoms with E-state index < -0.39 is 5.54 Å². The molecule has 1 atom stereocenters. The highest BCUT2D eigenvalue weighted by Gasteiger charge is 2.47. The Kier molecular flexibility index (Phi) is 6.67. The van der Waals surface area contributed by atoms with Gasteiger partial charge in [0.2, 0.25) is 11.8 Å². The number of ketones is 1. The number of likely N-dealkylation sites (N-methyl/N-ethyl adjacent to an activating group) is 1. The van der Waals surface area contributed by atoms with E-state index in [2.05, 4.69) is 10.2 Å². The Hall–Kier alpha value is -2.64. The highest BCUT2D eigenvalue weighted by atomic mass is 35.5. The minimum Gasteiger partial charge on any atom is -0.411 e. The largest absolute Gasteiger partial charge is 0.411 e. The average molecular weight is 470 g/mol. The van der Waals surface area contributed by atoms with E-state index in [-0.39, 0.29) is 17.4 Å². The summed E-state index contributed by atoms with van der Waals surface area (Å²) in [5.41, 5.74) is 1.56. The number of aromatic nitrogens is 2. The zero-order chi connectivity index (χ0) is 22.7. The van der Waals surface area contributed by atoms with E-state index >= 15 is 0 Å². The first-order valence-corrected chi connectivity index (χ1v) is 11.9. The third-order valence-corrected chi connectivity index (χ3v) is 7.04. The molecule has 0 unspecified atom stereocenters. The fraction of sp³-hybridized carbons (Fsp3) is 0.333. The molecular formula is C24H24ClN3O3S. The van der Waals surface area contributed by atoms with Crippen LogP contribution in [0.5, 0.6) is 0 Å². The van der Waals surface area contributed by atoms with Crippen LogP contribution in [0.3, 0.4) is 0 Å². The normalized spacial score (nSPS) is 18.5. The summed E-state index contributed by atoms with van der Waals surface area (Å²) in [7, 11) is 1.68. The van der Waals surface area contributed by atoms with Crippen LogP contribution in [-0.2, 0) is 15.1 Å². The Balaban J connectivity index is 1.52. The maximum atomic E-state index is 13.2. The molecule has 0 spiro atoms. The molecule has 4 rings (SSSR count). The van der Waals surface area contributed by atoms with Crippen molar-refractivity contribution in [3.63, 3.8) is 0 Å². The molecule has 1 aliphatic rings. The summed E-state index contributed by atoms with van der Waals surface area (Å²) in [5, 5.41) is 8.95. The molecule has 1 amide bonds. The fourth-order valence-electron chi connectivity index (χ4n) is 4.23. The Morgan fingerprint density at radius 2 is 2.00 bits per heavy atom. The van der Waals surface area contributed by atoms with Crippen molar-refractivity contribution in [1.29, 1.82) is 0 Å². The molecule has 32 heavy (non-hydrogen) atoms. The first-order valence-electron chi connectivity index (χ1n) is 10.5. The molecule has 166 valence electrons. The molecule has 1 aromatic heterocycles. The van der Waals surface area contributed by atoms with Gasteiger partial charge in [-0.15, -0.1) is 10.2 Å². The van der Waals surface area contributed by atoms with Gasteiger partial charge in [-0.05, 0) is 44.4 Å². The minimum atomic E-state index is -1.05. The van der Waals surface area contributed by atoms with Crippen LogP contribution in [0.15, 0.2) is 58.2 Å². The summed E-state index contributed by atoms with van der Waals surface area (Å²) < 4.78 is 5.73. The van der Waals surface area contributed by atoms with E-state index in [0.717, 1.165) is 35.7 Å². The lowest BCUT2D eigenvalue weighted by atomic mass is 9.74. The van der Waals surface area contributed by atoms with Crippen LogP contribution >= 0.6 is 23.4 Å². The predicted octanol–water partition coefficient (Wildman–Crippen LogP) is 5.29. The van der Waals surface area contributed by atoms with Crippen molar-refractivity contribution in [2.45, 2.75) is 43.4 Å². The number of aryl methyl sites for hydroxylation is 1. The molecule has 1 aliphatic carbocycles. The number of hydrogen-bond acceptors (Lipinski definition) is 6. The first kappa shape index (κ1) is 22.6. The molecule has 0 saturated heterocycles. The number of amides is 1. The van der Waals surface area contributed by atoms with Gasteiger partial charge in [-0.1, -0.05) is 59.3 Å². The van der Waals surface area contributed by atoms with Crippen LogP contribution in [0.4, 0.5) is 0 Å². The molecular weight excluding hydrogens is 446 g/mol. The monoisotopic (exact) mass is 469 g/mol. The molecule has 6 nitrogen and oxygen atoms in total. The lowest BCUT2D eigenvalue weighted by molar-refractivity contribution is -0.146. The molecule has 0 aliphatic heterocycles. The highest BCUT2D eigenvalue weighted by Crippen LogP contribution is 2.42. The van der Waals surface area contributed by atoms with Gasteiger partial charge < -0.3 is 9.32 Å². The van der Waals surface area contributed by atoms with Crippen molar-refractivity contribution in [1.82, 2.24) is 15.1 Å². The van der Waals surface area contributed by atoms with Crippen LogP contribution in [0.2, 0.25) is 5.02 Å². The van der Waals surface area contributed by atoms with E-state index in [0.29, 0.717) is 34.5 Å². The van der Waals surface area contributed by atoms with E-state index in [4.69, 9.17) is 16.0 Å². The minimum absolute atomic E-state index is 0.0252. The smallest absolute Gasteiger partial charge is 0.277 e. The Bertz CT molecular complexity index is 1150. The van der Waals surface area contributed by atoms with Gasteiger partial charge in [-0.25, -0.2) is 0 Å². The molecule has 1 saturated carbocycles. The molecule has 8 heteroatoms. The van der Waals surface area contributed by atoms with Crippen LogP contribution < -0.4 is 0 Å². The number of carbonyl (C=O) groups is 2. The third kappa shape index (κ3) is 4.32. The van der Waals surface area contributed by atoms with Gasteiger partial charge in [0.15, 0.2) is 5.78 Å². The SMILES string of the molecule is Cc1cccc(-c2nnc(SCC(=O)N(C)[C@]3(c4ccccc4Cl)CCCCC3=O)o2)c1. The second-order valence-corrected chi connectivity index (χ2v) is 9.29. The van der Waals surface area contributed by atoms with Gasteiger partial charge in [0, 0.05) is 29.6 Å². The molecule has 0 radical (unpaired) electrons. The van der Waals surface area contributed by atoms with Gasteiger partial charge in [-0.3, -0.25) is 9.59 Å². The van der Waals surface area contributed by atoms with Gasteiger partial charge in [0.05, 0.1) is 5.75 Å². The summed E-state index contributed by atoms with van der Waals surface area (Å²) >= 11 is 7.64. The standard InChI is InChI=1S/C24H24ClN3O3S/c1-16-8-7-9-17(14-16)22-26-27-23(31-22)32-15-21(30)28(2)24(13-6-5-12-20(24)29)18-10-3-4-11-19(18)25/h3-4,7-11,14H,5-6,12-13,15H2,1-2H3/t24-/m0/s1. The Morgan fingerprint density at radius 1 is 1.19 bits per heavy atom. The zero-order valence-corrected chi connectivity index (χ0v) is 19.6. The number of rotatable bonds is 6. The zero-order valence-electron chi connectivity index (χ0n) is 18.0. The molecule has 1 heterocycles. The van der Waals surface area contributed by atoms with Gasteiger partial charge in [-0.2, -0.15) is 0 Å². The maximum Gasteiger partial charge on any atom is 0.277 e. The van der Waals surface area contributed by atoms with Crippen molar-refractivity contribution in [2.24, 2.45) is 0 Å². The number of benzene rings is 2. The number of hydrogen-bond donors (Lipinski definition) is 0. The Morgan fingerprint density at radius 3 is 2.75 bits per heavy atom. The molecule has 0 bridgehead atoms. The quantitative estimate of drug-likeness (QED) is 0.456. The third-order valence-electron chi connectivity index (χ3n) is 5.91. The lowest BCUT2D eigenvalue weighted by Gasteiger charge is -2.44. The molecule has 1 fully saturated rings. The lowest BCUT2D eigenvalue weighted by Crippen LogP contribution is -2.54. The van der Waals surface area contributed by atoms with Crippen molar-refractivity contribution in [3.8, 4) is 11.5 Å². The summed E-state index contributed by atoms with van der Waals surface area (Å²) in [4.78, 5) is 27.9. The van der Waals surface area contributed by atoms with E-state index in [9.17, 15) is 9.59 Å². The van der Waals surface area contributed by atoms with Crippen LogP contribution in [-0.4, -0.2) is 39.6 Å². The summed E-state index contributed by atoms with van der Waals surface area (Å²) in [6.45, 7) is 1.99. The number of halogens is 1. The first-order chi connectivity index (χ1) is 15.4. The summed E-state index contributed by atoms with van der Waals surface area (Å²) in [6.07, 6.45) is 2.66. The Labute approximate surface area is 196 Å². The van der Waals surface area contributed by atoms with E-state index in [1.54, 1.807) is 18.0 Å².